The second kappa shape index (κ2) is 5.98. The standard InChI is InChI=1S/C14H20F2N2O2S/c1-14(7-3-4-8-14)18-21(19,20)12-6-5-11(15)10(9-17-2)13(12)16/h5-6,17-18H,3-4,7-9H2,1-2H3. The van der Waals surface area contributed by atoms with E-state index < -0.39 is 32.1 Å². The summed E-state index contributed by atoms with van der Waals surface area (Å²) in [6.45, 7) is 1.74. The molecule has 0 atom stereocenters. The van der Waals surface area contributed by atoms with E-state index in [4.69, 9.17) is 0 Å². The Bertz CT molecular complexity index is 626. The molecule has 0 heterocycles. The molecule has 0 bridgehead atoms. The third-order valence-electron chi connectivity index (χ3n) is 3.88. The first-order chi connectivity index (χ1) is 9.79. The first kappa shape index (κ1) is 16.3. The zero-order valence-electron chi connectivity index (χ0n) is 12.2. The van der Waals surface area contributed by atoms with Crippen LogP contribution in [0.15, 0.2) is 17.0 Å². The Balaban J connectivity index is 2.38. The maximum absolute atomic E-state index is 14.3. The van der Waals surface area contributed by atoms with Crippen molar-refractivity contribution in [2.24, 2.45) is 0 Å². The Kier molecular flexibility index (Phi) is 4.65. The molecule has 0 radical (unpaired) electrons. The highest BCUT2D eigenvalue weighted by Gasteiger charge is 2.35. The van der Waals surface area contributed by atoms with Gasteiger partial charge in [-0.15, -0.1) is 0 Å². The Labute approximate surface area is 124 Å². The van der Waals surface area contributed by atoms with Crippen LogP contribution in [0.3, 0.4) is 0 Å². The van der Waals surface area contributed by atoms with Crippen LogP contribution in [-0.4, -0.2) is 21.0 Å². The monoisotopic (exact) mass is 318 g/mol. The predicted molar refractivity (Wildman–Crippen MR) is 76.3 cm³/mol. The molecule has 1 aromatic rings. The average Bonchev–Trinajstić information content (AvgIpc) is 2.79. The van der Waals surface area contributed by atoms with E-state index in [0.717, 1.165) is 37.8 Å². The van der Waals surface area contributed by atoms with Crippen LogP contribution >= 0.6 is 0 Å². The Morgan fingerprint density at radius 1 is 1.24 bits per heavy atom. The SMILES string of the molecule is CNCc1c(F)ccc(S(=O)(=O)NC2(C)CCCC2)c1F. The molecule has 1 saturated carbocycles. The highest BCUT2D eigenvalue weighted by molar-refractivity contribution is 7.89. The molecule has 7 heteroatoms. The molecular weight excluding hydrogens is 298 g/mol. The molecule has 118 valence electrons. The first-order valence-corrected chi connectivity index (χ1v) is 8.43. The Morgan fingerprint density at radius 3 is 2.43 bits per heavy atom. The van der Waals surface area contributed by atoms with Crippen LogP contribution in [0.1, 0.15) is 38.2 Å². The van der Waals surface area contributed by atoms with Crippen molar-refractivity contribution in [3.05, 3.63) is 29.3 Å². The summed E-state index contributed by atoms with van der Waals surface area (Å²) < 4.78 is 55.2. The molecule has 0 unspecified atom stereocenters. The van der Waals surface area contributed by atoms with Gasteiger partial charge in [-0.1, -0.05) is 12.8 Å². The van der Waals surface area contributed by atoms with Crippen LogP contribution in [-0.2, 0) is 16.6 Å². The smallest absolute Gasteiger partial charge is 0.243 e. The van der Waals surface area contributed by atoms with E-state index >= 15 is 0 Å². The van der Waals surface area contributed by atoms with Gasteiger partial charge in [0.25, 0.3) is 0 Å². The zero-order valence-corrected chi connectivity index (χ0v) is 13.0. The molecule has 2 rings (SSSR count). The summed E-state index contributed by atoms with van der Waals surface area (Å²) in [7, 11) is -2.47. The van der Waals surface area contributed by atoms with Crippen molar-refractivity contribution in [2.45, 2.75) is 49.6 Å². The van der Waals surface area contributed by atoms with Crippen molar-refractivity contribution in [1.82, 2.24) is 10.0 Å². The van der Waals surface area contributed by atoms with Crippen LogP contribution in [0, 0.1) is 11.6 Å². The lowest BCUT2D eigenvalue weighted by Crippen LogP contribution is -2.43. The molecule has 1 aliphatic rings. The Hall–Kier alpha value is -1.05. The normalized spacial score (nSPS) is 18.1. The molecule has 1 aliphatic carbocycles. The minimum absolute atomic E-state index is 0.0711. The van der Waals surface area contributed by atoms with Crippen molar-refractivity contribution in [1.29, 1.82) is 0 Å². The molecular formula is C14H20F2N2O2S. The fourth-order valence-electron chi connectivity index (χ4n) is 2.76. The molecule has 0 aromatic heterocycles. The minimum atomic E-state index is -4.01. The highest BCUT2D eigenvalue weighted by Crippen LogP contribution is 2.31. The van der Waals surface area contributed by atoms with Crippen LogP contribution in [0.5, 0.6) is 0 Å². The van der Waals surface area contributed by atoms with Crippen LogP contribution in [0.2, 0.25) is 0 Å². The van der Waals surface area contributed by atoms with E-state index in [1.165, 1.54) is 7.05 Å². The van der Waals surface area contributed by atoms with Gasteiger partial charge in [0, 0.05) is 17.6 Å². The van der Waals surface area contributed by atoms with Gasteiger partial charge in [0.2, 0.25) is 10.0 Å². The second-order valence-electron chi connectivity index (χ2n) is 5.74. The lowest BCUT2D eigenvalue weighted by molar-refractivity contribution is 0.425. The van der Waals surface area contributed by atoms with Crippen molar-refractivity contribution < 1.29 is 17.2 Å². The van der Waals surface area contributed by atoms with E-state index in [1.807, 2.05) is 6.92 Å². The first-order valence-electron chi connectivity index (χ1n) is 6.94. The Morgan fingerprint density at radius 2 is 1.86 bits per heavy atom. The highest BCUT2D eigenvalue weighted by atomic mass is 32.2. The van der Waals surface area contributed by atoms with Crippen LogP contribution < -0.4 is 10.0 Å². The number of sulfonamides is 1. The lowest BCUT2D eigenvalue weighted by atomic mass is 10.0. The maximum Gasteiger partial charge on any atom is 0.243 e. The number of benzene rings is 1. The summed E-state index contributed by atoms with van der Waals surface area (Å²) in [5.74, 6) is -1.79. The molecule has 1 aromatic carbocycles. The van der Waals surface area contributed by atoms with Crippen molar-refractivity contribution >= 4 is 10.0 Å². The van der Waals surface area contributed by atoms with E-state index in [1.54, 1.807) is 0 Å². The molecule has 0 saturated heterocycles. The maximum atomic E-state index is 14.3. The summed E-state index contributed by atoms with van der Waals surface area (Å²) >= 11 is 0. The van der Waals surface area contributed by atoms with Gasteiger partial charge in [-0.05, 0) is 38.9 Å². The molecule has 2 N–H and O–H groups in total. The third-order valence-corrected chi connectivity index (χ3v) is 5.54. The number of hydrogen-bond acceptors (Lipinski definition) is 3. The molecule has 1 fully saturated rings. The number of nitrogens with one attached hydrogen (secondary N) is 2. The van der Waals surface area contributed by atoms with Crippen LogP contribution in [0.4, 0.5) is 8.78 Å². The van der Waals surface area contributed by atoms with Gasteiger partial charge in [0.1, 0.15) is 10.7 Å². The van der Waals surface area contributed by atoms with Crippen molar-refractivity contribution in [3.8, 4) is 0 Å². The third kappa shape index (κ3) is 3.41. The summed E-state index contributed by atoms with van der Waals surface area (Å²) in [6, 6.07) is 1.96. The number of halogens is 2. The fourth-order valence-corrected chi connectivity index (χ4v) is 4.33. The topological polar surface area (TPSA) is 58.2 Å². The fraction of sp³-hybridized carbons (Fsp3) is 0.571. The van der Waals surface area contributed by atoms with Gasteiger partial charge in [-0.25, -0.2) is 21.9 Å². The molecule has 0 spiro atoms. The average molecular weight is 318 g/mol. The van der Waals surface area contributed by atoms with Crippen molar-refractivity contribution in [2.75, 3.05) is 7.05 Å². The van der Waals surface area contributed by atoms with E-state index in [2.05, 4.69) is 10.0 Å². The van der Waals surface area contributed by atoms with Gasteiger partial charge >= 0.3 is 0 Å². The summed E-state index contributed by atoms with van der Waals surface area (Å²) in [5.41, 5.74) is -0.819. The van der Waals surface area contributed by atoms with Gasteiger partial charge in [-0.2, -0.15) is 0 Å². The summed E-state index contributed by atoms with van der Waals surface area (Å²) in [4.78, 5) is -0.498. The molecule has 0 aliphatic heterocycles. The van der Waals surface area contributed by atoms with Gasteiger partial charge in [0.15, 0.2) is 5.82 Å². The predicted octanol–water partition coefficient (Wildman–Crippen LogP) is 2.30. The van der Waals surface area contributed by atoms with E-state index in [0.29, 0.717) is 0 Å². The van der Waals surface area contributed by atoms with Gasteiger partial charge in [0.05, 0.1) is 0 Å². The second-order valence-corrected chi connectivity index (χ2v) is 7.39. The quantitative estimate of drug-likeness (QED) is 0.876. The molecule has 21 heavy (non-hydrogen) atoms. The lowest BCUT2D eigenvalue weighted by Gasteiger charge is -2.25. The molecule has 0 amide bonds. The number of rotatable bonds is 5. The minimum Gasteiger partial charge on any atom is -0.315 e. The largest absolute Gasteiger partial charge is 0.315 e. The number of hydrogen-bond donors (Lipinski definition) is 2. The van der Waals surface area contributed by atoms with Crippen molar-refractivity contribution in [3.63, 3.8) is 0 Å². The zero-order chi connectivity index (χ0) is 15.7. The summed E-state index contributed by atoms with van der Waals surface area (Å²) in [6.07, 6.45) is 3.32. The van der Waals surface area contributed by atoms with E-state index in [9.17, 15) is 17.2 Å². The van der Waals surface area contributed by atoms with Crippen LogP contribution in [0.25, 0.3) is 0 Å². The van der Waals surface area contributed by atoms with E-state index in [-0.39, 0.29) is 12.1 Å². The van der Waals surface area contributed by atoms with Gasteiger partial charge < -0.3 is 5.32 Å². The van der Waals surface area contributed by atoms with Gasteiger partial charge in [-0.3, -0.25) is 0 Å². The summed E-state index contributed by atoms with van der Waals surface area (Å²) in [5, 5.41) is 2.63. The molecule has 4 nitrogen and oxygen atoms in total.